The summed E-state index contributed by atoms with van der Waals surface area (Å²) in [5.41, 5.74) is 5.07. The van der Waals surface area contributed by atoms with E-state index in [0.717, 1.165) is 56.5 Å². The number of amides is 1. The van der Waals surface area contributed by atoms with Crippen molar-refractivity contribution in [1.29, 1.82) is 0 Å². The number of carbonyl (C=O) groups excluding carboxylic acids is 1. The number of hydrogen-bond acceptors (Lipinski definition) is 3. The van der Waals surface area contributed by atoms with Gasteiger partial charge >= 0.3 is 0 Å². The average Bonchev–Trinajstić information content (AvgIpc) is 2.87. The van der Waals surface area contributed by atoms with Gasteiger partial charge in [-0.3, -0.25) is 14.8 Å². The van der Waals surface area contributed by atoms with Gasteiger partial charge in [-0.1, -0.05) is 52.0 Å². The maximum absolute atomic E-state index is 13.3. The smallest absolute Gasteiger partial charge is 0.256 e. The number of carbonyl (C=O) groups is 1. The Labute approximate surface area is 193 Å². The summed E-state index contributed by atoms with van der Waals surface area (Å²) in [6, 6.07) is 16.3. The summed E-state index contributed by atoms with van der Waals surface area (Å²) < 4.78 is 0. The van der Waals surface area contributed by atoms with Crippen LogP contribution < -0.4 is 0 Å². The van der Waals surface area contributed by atoms with E-state index >= 15 is 0 Å². The largest absolute Gasteiger partial charge is 0.339 e. The molecule has 32 heavy (non-hydrogen) atoms. The highest BCUT2D eigenvalue weighted by Crippen LogP contribution is 2.22. The first-order chi connectivity index (χ1) is 15.7. The van der Waals surface area contributed by atoms with Gasteiger partial charge in [0, 0.05) is 37.2 Å². The first-order valence-corrected chi connectivity index (χ1v) is 12.0. The fourth-order valence-electron chi connectivity index (χ4n) is 3.71. The quantitative estimate of drug-likeness (QED) is 0.339. The Balaban J connectivity index is 0.00000176. The average molecular weight is 432 g/mol. The van der Waals surface area contributed by atoms with Gasteiger partial charge in [0.05, 0.1) is 11.3 Å². The van der Waals surface area contributed by atoms with E-state index in [0.29, 0.717) is 5.56 Å². The second-order valence-electron chi connectivity index (χ2n) is 7.56. The van der Waals surface area contributed by atoms with Crippen molar-refractivity contribution in [1.82, 2.24) is 14.9 Å². The lowest BCUT2D eigenvalue weighted by molar-refractivity contribution is 0.0753. The standard InChI is InChI=1S/C26H31N3O.C2H6/c1-3-18-29(19-6-5-9-22-11-7-10-21(4-2)20-22)26(30)24-12-8-15-28-25(24)23-13-16-27-17-14-23;1-2/h7-8,10-17,20H,3-6,9,18-19H2,1-2H3;1-2H3. The van der Waals surface area contributed by atoms with Crippen molar-refractivity contribution in [3.8, 4) is 11.3 Å². The Morgan fingerprint density at radius 1 is 0.875 bits per heavy atom. The lowest BCUT2D eigenvalue weighted by Crippen LogP contribution is -2.33. The van der Waals surface area contributed by atoms with Gasteiger partial charge in [-0.05, 0) is 67.5 Å². The lowest BCUT2D eigenvalue weighted by Gasteiger charge is -2.23. The minimum atomic E-state index is 0.0599. The van der Waals surface area contributed by atoms with Crippen LogP contribution in [0.25, 0.3) is 11.3 Å². The number of rotatable bonds is 10. The van der Waals surface area contributed by atoms with E-state index in [1.54, 1.807) is 18.6 Å². The molecule has 0 fully saturated rings. The third kappa shape index (κ3) is 7.30. The zero-order valence-electron chi connectivity index (χ0n) is 20.1. The lowest BCUT2D eigenvalue weighted by atomic mass is 10.0. The molecule has 0 radical (unpaired) electrons. The Bertz CT molecular complexity index is 940. The Kier molecular flexibility index (Phi) is 11.1. The summed E-state index contributed by atoms with van der Waals surface area (Å²) in [6.07, 6.45) is 10.3. The Hall–Kier alpha value is -3.01. The topological polar surface area (TPSA) is 46.1 Å². The molecule has 0 spiro atoms. The molecule has 1 aromatic carbocycles. The molecule has 0 saturated heterocycles. The Morgan fingerprint density at radius 2 is 1.62 bits per heavy atom. The van der Waals surface area contributed by atoms with Gasteiger partial charge in [-0.2, -0.15) is 0 Å². The summed E-state index contributed by atoms with van der Waals surface area (Å²) in [6.45, 7) is 9.83. The second kappa shape index (κ2) is 14.1. The van der Waals surface area contributed by atoms with E-state index in [4.69, 9.17) is 0 Å². The molecule has 0 bridgehead atoms. The second-order valence-corrected chi connectivity index (χ2v) is 7.56. The number of unbranched alkanes of at least 4 members (excludes halogenated alkanes) is 1. The molecule has 0 aliphatic heterocycles. The summed E-state index contributed by atoms with van der Waals surface area (Å²) in [4.78, 5) is 23.9. The van der Waals surface area contributed by atoms with Crippen molar-refractivity contribution in [2.45, 2.75) is 59.8 Å². The van der Waals surface area contributed by atoms with Crippen molar-refractivity contribution in [2.24, 2.45) is 0 Å². The monoisotopic (exact) mass is 431 g/mol. The predicted molar refractivity (Wildman–Crippen MR) is 134 cm³/mol. The summed E-state index contributed by atoms with van der Waals surface area (Å²) in [5, 5.41) is 0. The molecular weight excluding hydrogens is 394 g/mol. The van der Waals surface area contributed by atoms with Crippen LogP contribution in [0.1, 0.15) is 68.4 Å². The van der Waals surface area contributed by atoms with Crippen LogP contribution in [0.5, 0.6) is 0 Å². The van der Waals surface area contributed by atoms with Gasteiger partial charge < -0.3 is 4.90 Å². The SMILES string of the molecule is CC.CCCN(CCCCc1cccc(CC)c1)C(=O)c1cccnc1-c1ccncc1. The van der Waals surface area contributed by atoms with Crippen molar-refractivity contribution in [2.75, 3.05) is 13.1 Å². The molecule has 170 valence electrons. The number of hydrogen-bond donors (Lipinski definition) is 0. The van der Waals surface area contributed by atoms with Crippen LogP contribution in [0.3, 0.4) is 0 Å². The first kappa shape index (κ1) is 25.3. The molecule has 0 aliphatic carbocycles. The third-order valence-electron chi connectivity index (χ3n) is 5.32. The molecule has 2 aromatic heterocycles. The first-order valence-electron chi connectivity index (χ1n) is 12.0. The van der Waals surface area contributed by atoms with Gasteiger partial charge in [0.1, 0.15) is 0 Å². The van der Waals surface area contributed by atoms with Crippen LogP contribution in [0.2, 0.25) is 0 Å². The Morgan fingerprint density at radius 3 is 2.34 bits per heavy atom. The molecule has 0 atom stereocenters. The molecule has 0 aliphatic rings. The molecule has 4 nitrogen and oxygen atoms in total. The zero-order valence-corrected chi connectivity index (χ0v) is 20.1. The number of nitrogens with zero attached hydrogens (tertiary/aromatic N) is 3. The molecule has 4 heteroatoms. The van der Waals surface area contributed by atoms with Gasteiger partial charge in [-0.15, -0.1) is 0 Å². The molecule has 0 unspecified atom stereocenters. The van der Waals surface area contributed by atoms with Gasteiger partial charge in [0.15, 0.2) is 0 Å². The summed E-state index contributed by atoms with van der Waals surface area (Å²) in [7, 11) is 0. The van der Waals surface area contributed by atoms with Crippen molar-refractivity contribution < 1.29 is 4.79 Å². The van der Waals surface area contributed by atoms with Gasteiger partial charge in [0.2, 0.25) is 0 Å². The van der Waals surface area contributed by atoms with Crippen LogP contribution in [-0.4, -0.2) is 33.9 Å². The predicted octanol–water partition coefficient (Wildman–Crippen LogP) is 6.61. The highest BCUT2D eigenvalue weighted by molar-refractivity contribution is 5.99. The van der Waals surface area contributed by atoms with Crippen molar-refractivity contribution in [3.63, 3.8) is 0 Å². The van der Waals surface area contributed by atoms with Crippen molar-refractivity contribution in [3.05, 3.63) is 83.8 Å². The molecule has 3 aromatic rings. The van der Waals surface area contributed by atoms with Crippen molar-refractivity contribution >= 4 is 5.91 Å². The fraction of sp³-hybridized carbons (Fsp3) is 0.393. The van der Waals surface area contributed by atoms with E-state index in [1.165, 1.54) is 11.1 Å². The number of aryl methyl sites for hydroxylation is 2. The molecule has 0 saturated carbocycles. The number of benzene rings is 1. The molecular formula is C28H37N3O. The van der Waals surface area contributed by atoms with E-state index in [1.807, 2.05) is 43.0 Å². The van der Waals surface area contributed by atoms with Gasteiger partial charge in [0.25, 0.3) is 5.91 Å². The number of aromatic nitrogens is 2. The molecule has 0 N–H and O–H groups in total. The van der Waals surface area contributed by atoms with Crippen LogP contribution in [0.4, 0.5) is 0 Å². The van der Waals surface area contributed by atoms with E-state index in [9.17, 15) is 4.79 Å². The van der Waals surface area contributed by atoms with Crippen LogP contribution >= 0.6 is 0 Å². The normalized spacial score (nSPS) is 10.2. The minimum absolute atomic E-state index is 0.0599. The maximum atomic E-state index is 13.3. The zero-order chi connectivity index (χ0) is 23.2. The van der Waals surface area contributed by atoms with E-state index in [2.05, 4.69) is 48.1 Å². The summed E-state index contributed by atoms with van der Waals surface area (Å²) in [5.74, 6) is 0.0599. The third-order valence-corrected chi connectivity index (χ3v) is 5.32. The number of pyridine rings is 2. The van der Waals surface area contributed by atoms with Gasteiger partial charge in [-0.25, -0.2) is 0 Å². The van der Waals surface area contributed by atoms with Crippen LogP contribution in [0, 0.1) is 0 Å². The van der Waals surface area contributed by atoms with Crippen LogP contribution in [-0.2, 0) is 12.8 Å². The summed E-state index contributed by atoms with van der Waals surface area (Å²) >= 11 is 0. The fourth-order valence-corrected chi connectivity index (χ4v) is 3.71. The highest BCUT2D eigenvalue weighted by Gasteiger charge is 2.19. The molecule has 2 heterocycles. The molecule has 1 amide bonds. The minimum Gasteiger partial charge on any atom is -0.339 e. The van der Waals surface area contributed by atoms with E-state index in [-0.39, 0.29) is 5.91 Å². The maximum Gasteiger partial charge on any atom is 0.256 e. The van der Waals surface area contributed by atoms with E-state index < -0.39 is 0 Å². The molecule has 3 rings (SSSR count). The highest BCUT2D eigenvalue weighted by atomic mass is 16.2. The van der Waals surface area contributed by atoms with Crippen LogP contribution in [0.15, 0.2) is 67.1 Å².